The van der Waals surface area contributed by atoms with Crippen molar-refractivity contribution in [3.8, 4) is 11.1 Å². The fraction of sp³-hybridized carbons (Fsp3) is 0.0500. The Labute approximate surface area is 167 Å². The fourth-order valence-electron chi connectivity index (χ4n) is 2.96. The third-order valence-electron chi connectivity index (χ3n) is 4.20. The first-order valence-electron chi connectivity index (χ1n) is 8.67. The predicted molar refractivity (Wildman–Crippen MR) is 112 cm³/mol. The van der Waals surface area contributed by atoms with Gasteiger partial charge >= 0.3 is 0 Å². The van der Waals surface area contributed by atoms with Gasteiger partial charge in [-0.05, 0) is 42.0 Å². The zero-order valence-corrected chi connectivity index (χ0v) is 16.2. The Bertz CT molecular complexity index is 1300. The van der Waals surface area contributed by atoms with Crippen molar-refractivity contribution >= 4 is 38.2 Å². The number of amides is 1. The molecule has 2 heterocycles. The summed E-state index contributed by atoms with van der Waals surface area (Å²) in [5, 5.41) is 10.4. The SMILES string of the molecule is CS(=O)(=O)Nc1cccc(NC(=O)c2n[nH]c3ccc(-c4cccnc4)cc23)c1. The lowest BCUT2D eigenvalue weighted by atomic mass is 10.0. The Kier molecular flexibility index (Phi) is 4.73. The number of H-pyrrole nitrogens is 1. The molecule has 0 saturated heterocycles. The molecule has 0 radical (unpaired) electrons. The van der Waals surface area contributed by atoms with E-state index in [0.717, 1.165) is 22.9 Å². The number of nitrogens with one attached hydrogen (secondary N) is 3. The van der Waals surface area contributed by atoms with Gasteiger partial charge in [0.2, 0.25) is 10.0 Å². The van der Waals surface area contributed by atoms with Crippen LogP contribution in [0.15, 0.2) is 67.0 Å². The highest BCUT2D eigenvalue weighted by Gasteiger charge is 2.15. The molecule has 3 N–H and O–H groups in total. The number of hydrogen-bond donors (Lipinski definition) is 3. The summed E-state index contributed by atoms with van der Waals surface area (Å²) in [5.41, 5.74) is 3.63. The summed E-state index contributed by atoms with van der Waals surface area (Å²) in [6, 6.07) is 15.9. The summed E-state index contributed by atoms with van der Waals surface area (Å²) in [5.74, 6) is -0.406. The molecule has 0 unspecified atom stereocenters. The minimum absolute atomic E-state index is 0.243. The molecule has 29 heavy (non-hydrogen) atoms. The maximum absolute atomic E-state index is 12.8. The Morgan fingerprint density at radius 1 is 1.00 bits per heavy atom. The maximum atomic E-state index is 12.8. The third kappa shape index (κ3) is 4.25. The van der Waals surface area contributed by atoms with Crippen LogP contribution in [0.4, 0.5) is 11.4 Å². The van der Waals surface area contributed by atoms with E-state index >= 15 is 0 Å². The number of sulfonamides is 1. The average molecular weight is 407 g/mol. The van der Waals surface area contributed by atoms with Crippen LogP contribution in [0.25, 0.3) is 22.0 Å². The molecule has 2 aromatic carbocycles. The van der Waals surface area contributed by atoms with Crippen molar-refractivity contribution in [1.82, 2.24) is 15.2 Å². The molecule has 4 aromatic rings. The minimum atomic E-state index is -3.41. The zero-order chi connectivity index (χ0) is 20.4. The number of rotatable bonds is 5. The molecular weight excluding hydrogens is 390 g/mol. The van der Waals surface area contributed by atoms with Crippen molar-refractivity contribution in [1.29, 1.82) is 0 Å². The first-order valence-corrected chi connectivity index (χ1v) is 10.6. The van der Waals surface area contributed by atoms with Crippen LogP contribution in [0.2, 0.25) is 0 Å². The molecule has 0 saturated carbocycles. The van der Waals surface area contributed by atoms with Crippen LogP contribution in [-0.2, 0) is 10.0 Å². The van der Waals surface area contributed by atoms with E-state index in [0.29, 0.717) is 16.8 Å². The highest BCUT2D eigenvalue weighted by atomic mass is 32.2. The monoisotopic (exact) mass is 407 g/mol. The van der Waals surface area contributed by atoms with E-state index in [1.807, 2.05) is 30.3 Å². The number of anilines is 2. The molecule has 0 aliphatic rings. The molecule has 2 aromatic heterocycles. The summed E-state index contributed by atoms with van der Waals surface area (Å²) in [7, 11) is -3.41. The van der Waals surface area contributed by atoms with E-state index in [2.05, 4.69) is 25.2 Å². The van der Waals surface area contributed by atoms with E-state index in [1.165, 1.54) is 6.07 Å². The normalized spacial score (nSPS) is 11.3. The van der Waals surface area contributed by atoms with Gasteiger partial charge in [0.15, 0.2) is 5.69 Å². The lowest BCUT2D eigenvalue weighted by Gasteiger charge is -2.08. The van der Waals surface area contributed by atoms with Gasteiger partial charge in [-0.1, -0.05) is 18.2 Å². The first kappa shape index (κ1) is 18.6. The quantitative estimate of drug-likeness (QED) is 0.469. The van der Waals surface area contributed by atoms with Gasteiger partial charge in [0.1, 0.15) is 0 Å². The Balaban J connectivity index is 1.63. The highest BCUT2D eigenvalue weighted by molar-refractivity contribution is 7.92. The van der Waals surface area contributed by atoms with E-state index in [9.17, 15) is 13.2 Å². The Morgan fingerprint density at radius 2 is 1.83 bits per heavy atom. The summed E-state index contributed by atoms with van der Waals surface area (Å²) >= 11 is 0. The number of nitrogens with zero attached hydrogens (tertiary/aromatic N) is 2. The molecule has 8 nitrogen and oxygen atoms in total. The zero-order valence-electron chi connectivity index (χ0n) is 15.4. The molecule has 0 spiro atoms. The number of benzene rings is 2. The van der Waals surface area contributed by atoms with Gasteiger partial charge < -0.3 is 5.32 Å². The molecule has 1 amide bonds. The molecule has 0 aliphatic heterocycles. The molecule has 146 valence electrons. The van der Waals surface area contributed by atoms with Crippen molar-refractivity contribution in [2.75, 3.05) is 16.3 Å². The second kappa shape index (κ2) is 7.36. The van der Waals surface area contributed by atoms with Crippen LogP contribution in [0.5, 0.6) is 0 Å². The molecular formula is C20H17N5O3S. The van der Waals surface area contributed by atoms with Gasteiger partial charge in [-0.25, -0.2) is 8.42 Å². The van der Waals surface area contributed by atoms with Gasteiger partial charge in [-0.3, -0.25) is 19.6 Å². The molecule has 0 atom stereocenters. The molecule has 0 bridgehead atoms. The van der Waals surface area contributed by atoms with Crippen LogP contribution >= 0.6 is 0 Å². The summed E-state index contributed by atoms with van der Waals surface area (Å²) in [6.45, 7) is 0. The van der Waals surface area contributed by atoms with E-state index in [1.54, 1.807) is 30.6 Å². The van der Waals surface area contributed by atoms with Gasteiger partial charge in [-0.15, -0.1) is 0 Å². The number of aromatic nitrogens is 3. The van der Waals surface area contributed by atoms with Gasteiger partial charge in [0.25, 0.3) is 5.91 Å². The molecule has 4 rings (SSSR count). The molecule has 0 fully saturated rings. The van der Waals surface area contributed by atoms with Gasteiger partial charge in [-0.2, -0.15) is 5.10 Å². The van der Waals surface area contributed by atoms with Crippen molar-refractivity contribution in [3.63, 3.8) is 0 Å². The summed E-state index contributed by atoms with van der Waals surface area (Å²) in [4.78, 5) is 16.9. The van der Waals surface area contributed by atoms with Crippen molar-refractivity contribution in [3.05, 3.63) is 72.7 Å². The van der Waals surface area contributed by atoms with Crippen LogP contribution in [0.3, 0.4) is 0 Å². The van der Waals surface area contributed by atoms with E-state index in [4.69, 9.17) is 0 Å². The van der Waals surface area contributed by atoms with Crippen molar-refractivity contribution < 1.29 is 13.2 Å². The Hall–Kier alpha value is -3.72. The fourth-order valence-corrected chi connectivity index (χ4v) is 3.52. The Morgan fingerprint density at radius 3 is 2.59 bits per heavy atom. The van der Waals surface area contributed by atoms with Crippen LogP contribution in [0.1, 0.15) is 10.5 Å². The molecule has 9 heteroatoms. The number of pyridine rings is 1. The largest absolute Gasteiger partial charge is 0.321 e. The summed E-state index contributed by atoms with van der Waals surface area (Å²) in [6.07, 6.45) is 4.51. The van der Waals surface area contributed by atoms with Gasteiger partial charge in [0.05, 0.1) is 17.5 Å². The van der Waals surface area contributed by atoms with Gasteiger partial charge in [0, 0.05) is 29.0 Å². The van der Waals surface area contributed by atoms with Crippen LogP contribution < -0.4 is 10.0 Å². The second-order valence-corrected chi connectivity index (χ2v) is 8.23. The van der Waals surface area contributed by atoms with Crippen molar-refractivity contribution in [2.24, 2.45) is 0 Å². The number of hydrogen-bond acceptors (Lipinski definition) is 5. The first-order chi connectivity index (χ1) is 13.9. The number of carbonyl (C=O) groups is 1. The van der Waals surface area contributed by atoms with E-state index < -0.39 is 15.9 Å². The second-order valence-electron chi connectivity index (χ2n) is 6.48. The average Bonchev–Trinajstić information content (AvgIpc) is 3.11. The summed E-state index contributed by atoms with van der Waals surface area (Å²) < 4.78 is 25.2. The highest BCUT2D eigenvalue weighted by Crippen LogP contribution is 2.25. The number of carbonyl (C=O) groups excluding carboxylic acids is 1. The predicted octanol–water partition coefficient (Wildman–Crippen LogP) is 3.25. The van der Waals surface area contributed by atoms with Crippen LogP contribution in [-0.4, -0.2) is 35.8 Å². The van der Waals surface area contributed by atoms with Crippen molar-refractivity contribution in [2.45, 2.75) is 0 Å². The maximum Gasteiger partial charge on any atom is 0.276 e. The lowest BCUT2D eigenvalue weighted by Crippen LogP contribution is -2.14. The number of aromatic amines is 1. The number of fused-ring (bicyclic) bond motifs is 1. The third-order valence-corrected chi connectivity index (χ3v) is 4.80. The van der Waals surface area contributed by atoms with E-state index in [-0.39, 0.29) is 5.69 Å². The van der Waals surface area contributed by atoms with Crippen LogP contribution in [0, 0.1) is 0 Å². The standard InChI is InChI=1S/C20H17N5O3S/c1-29(27,28)25-16-6-2-5-15(11-16)22-20(26)19-17-10-13(7-8-18(17)23-24-19)14-4-3-9-21-12-14/h2-12,25H,1H3,(H,22,26)(H,23,24). The topological polar surface area (TPSA) is 117 Å². The molecule has 0 aliphatic carbocycles. The minimum Gasteiger partial charge on any atom is -0.321 e. The smallest absolute Gasteiger partial charge is 0.276 e. The lowest BCUT2D eigenvalue weighted by molar-refractivity contribution is 0.102.